The van der Waals surface area contributed by atoms with Gasteiger partial charge in [-0.1, -0.05) is 27.2 Å². The maximum atomic E-state index is 4.61. The van der Waals surface area contributed by atoms with Crippen LogP contribution in [0.1, 0.15) is 51.8 Å². The summed E-state index contributed by atoms with van der Waals surface area (Å²) in [5.41, 5.74) is 1.19. The fraction of sp³-hybridized carbons (Fsp3) is 0.688. The van der Waals surface area contributed by atoms with Gasteiger partial charge in [-0.3, -0.25) is 4.98 Å². The lowest BCUT2D eigenvalue weighted by molar-refractivity contribution is 0.170. The molecule has 1 aliphatic rings. The quantitative estimate of drug-likeness (QED) is 0.877. The van der Waals surface area contributed by atoms with Crippen LogP contribution in [-0.2, 0) is 0 Å². The topological polar surface area (TPSA) is 24.9 Å². The first-order valence-electron chi connectivity index (χ1n) is 7.46. The number of hydrogen-bond acceptors (Lipinski definition) is 2. The van der Waals surface area contributed by atoms with E-state index in [1.54, 1.807) is 0 Å². The molecule has 1 heterocycles. The van der Waals surface area contributed by atoms with Gasteiger partial charge in [0.15, 0.2) is 0 Å². The molecule has 1 aromatic rings. The van der Waals surface area contributed by atoms with Crippen molar-refractivity contribution in [3.8, 4) is 0 Å². The van der Waals surface area contributed by atoms with Gasteiger partial charge >= 0.3 is 0 Å². The van der Waals surface area contributed by atoms with Gasteiger partial charge in [-0.05, 0) is 65.2 Å². The zero-order valence-electron chi connectivity index (χ0n) is 12.2. The first kappa shape index (κ1) is 15.0. The number of pyridine rings is 1. The van der Waals surface area contributed by atoms with E-state index in [2.05, 4.69) is 59.1 Å². The summed E-state index contributed by atoms with van der Waals surface area (Å²) in [6.07, 6.45) is 5.90. The molecule has 2 rings (SSSR count). The summed E-state index contributed by atoms with van der Waals surface area (Å²) in [7, 11) is 0. The smallest absolute Gasteiger partial charge is 0.0576 e. The van der Waals surface area contributed by atoms with Crippen LogP contribution in [0.15, 0.2) is 22.8 Å². The summed E-state index contributed by atoms with van der Waals surface area (Å²) < 4.78 is 1.05. The second-order valence-corrected chi connectivity index (χ2v) is 6.88. The molecule has 2 nitrogen and oxygen atoms in total. The van der Waals surface area contributed by atoms with Crippen molar-refractivity contribution in [2.45, 2.75) is 46.1 Å². The lowest BCUT2D eigenvalue weighted by Crippen LogP contribution is -2.33. The summed E-state index contributed by atoms with van der Waals surface area (Å²) in [6, 6.07) is 4.66. The molecule has 1 aliphatic carbocycles. The van der Waals surface area contributed by atoms with Crippen LogP contribution >= 0.6 is 15.9 Å². The number of rotatable bonds is 4. The van der Waals surface area contributed by atoms with Crippen LogP contribution in [0.2, 0.25) is 0 Å². The average molecular weight is 325 g/mol. The molecule has 0 amide bonds. The molecule has 0 spiro atoms. The SMILES string of the molecule is CCNC(c1ccc(Br)cn1)C1CCC(C)C(C)C1. The van der Waals surface area contributed by atoms with E-state index in [0.717, 1.165) is 28.8 Å². The number of nitrogens with one attached hydrogen (secondary N) is 1. The Morgan fingerprint density at radius 3 is 2.68 bits per heavy atom. The van der Waals surface area contributed by atoms with Crippen LogP contribution in [0, 0.1) is 17.8 Å². The Morgan fingerprint density at radius 2 is 2.11 bits per heavy atom. The number of halogens is 1. The molecule has 0 saturated heterocycles. The second-order valence-electron chi connectivity index (χ2n) is 5.96. The summed E-state index contributed by atoms with van der Waals surface area (Å²) >= 11 is 3.46. The molecule has 0 bridgehead atoms. The van der Waals surface area contributed by atoms with Gasteiger partial charge in [0.1, 0.15) is 0 Å². The highest BCUT2D eigenvalue weighted by Crippen LogP contribution is 2.39. The fourth-order valence-corrected chi connectivity index (χ4v) is 3.43. The first-order valence-corrected chi connectivity index (χ1v) is 8.26. The van der Waals surface area contributed by atoms with Gasteiger partial charge in [0, 0.05) is 10.7 Å². The molecule has 3 heteroatoms. The number of hydrogen-bond donors (Lipinski definition) is 1. The van der Waals surface area contributed by atoms with Gasteiger partial charge in [-0.25, -0.2) is 0 Å². The standard InChI is InChI=1S/C16H25BrN2/c1-4-18-16(15-8-7-14(17)10-19-15)13-6-5-11(2)12(3)9-13/h7-8,10-13,16,18H,4-6,9H2,1-3H3. The minimum absolute atomic E-state index is 0.410. The lowest BCUT2D eigenvalue weighted by Gasteiger charge is -2.36. The van der Waals surface area contributed by atoms with Crippen molar-refractivity contribution < 1.29 is 0 Å². The summed E-state index contributed by atoms with van der Waals surface area (Å²) in [6.45, 7) is 7.97. The number of aromatic nitrogens is 1. The van der Waals surface area contributed by atoms with E-state index in [9.17, 15) is 0 Å². The minimum Gasteiger partial charge on any atom is -0.309 e. The van der Waals surface area contributed by atoms with E-state index >= 15 is 0 Å². The third kappa shape index (κ3) is 3.79. The average Bonchev–Trinajstić information content (AvgIpc) is 2.41. The van der Waals surface area contributed by atoms with Gasteiger partial charge in [-0.15, -0.1) is 0 Å². The molecule has 0 radical (unpaired) electrons. The van der Waals surface area contributed by atoms with Crippen LogP contribution in [0.3, 0.4) is 0 Å². The van der Waals surface area contributed by atoms with Crippen molar-refractivity contribution >= 4 is 15.9 Å². The van der Waals surface area contributed by atoms with Crippen LogP contribution in [0.4, 0.5) is 0 Å². The maximum absolute atomic E-state index is 4.61. The van der Waals surface area contributed by atoms with Gasteiger partial charge in [0.05, 0.1) is 11.7 Å². The highest BCUT2D eigenvalue weighted by Gasteiger charge is 2.31. The summed E-state index contributed by atoms with van der Waals surface area (Å²) in [5, 5.41) is 3.65. The van der Waals surface area contributed by atoms with E-state index in [1.165, 1.54) is 25.0 Å². The van der Waals surface area contributed by atoms with E-state index in [0.29, 0.717) is 6.04 Å². The number of nitrogens with zero attached hydrogens (tertiary/aromatic N) is 1. The molecular weight excluding hydrogens is 300 g/mol. The van der Waals surface area contributed by atoms with Crippen molar-refractivity contribution in [2.75, 3.05) is 6.54 Å². The van der Waals surface area contributed by atoms with Crippen LogP contribution in [-0.4, -0.2) is 11.5 Å². The minimum atomic E-state index is 0.410. The predicted molar refractivity (Wildman–Crippen MR) is 84.0 cm³/mol. The normalized spacial score (nSPS) is 29.2. The fourth-order valence-electron chi connectivity index (χ4n) is 3.20. The van der Waals surface area contributed by atoms with Crippen molar-refractivity contribution in [2.24, 2.45) is 17.8 Å². The summed E-state index contributed by atoms with van der Waals surface area (Å²) in [4.78, 5) is 4.61. The largest absolute Gasteiger partial charge is 0.309 e. The Bertz CT molecular complexity index is 390. The van der Waals surface area contributed by atoms with E-state index in [-0.39, 0.29) is 0 Å². The molecule has 1 aromatic heterocycles. The van der Waals surface area contributed by atoms with Crippen molar-refractivity contribution in [3.05, 3.63) is 28.5 Å². The van der Waals surface area contributed by atoms with Gasteiger partial charge in [-0.2, -0.15) is 0 Å². The van der Waals surface area contributed by atoms with Crippen molar-refractivity contribution in [1.82, 2.24) is 10.3 Å². The van der Waals surface area contributed by atoms with E-state index in [4.69, 9.17) is 0 Å². The zero-order chi connectivity index (χ0) is 13.8. The van der Waals surface area contributed by atoms with Crippen molar-refractivity contribution in [1.29, 1.82) is 0 Å². The maximum Gasteiger partial charge on any atom is 0.0576 e. The predicted octanol–water partition coefficient (Wildman–Crippen LogP) is 4.57. The van der Waals surface area contributed by atoms with Crippen LogP contribution in [0.25, 0.3) is 0 Å². The first-order chi connectivity index (χ1) is 9.11. The zero-order valence-corrected chi connectivity index (χ0v) is 13.8. The molecule has 0 aromatic carbocycles. The Kier molecular flexibility index (Phi) is 5.40. The molecule has 4 unspecified atom stereocenters. The van der Waals surface area contributed by atoms with Crippen LogP contribution in [0.5, 0.6) is 0 Å². The molecule has 0 aliphatic heterocycles. The summed E-state index contributed by atoms with van der Waals surface area (Å²) in [5.74, 6) is 2.42. The molecule has 106 valence electrons. The molecule has 4 atom stereocenters. The van der Waals surface area contributed by atoms with Gasteiger partial charge in [0.25, 0.3) is 0 Å². The Hall–Kier alpha value is -0.410. The van der Waals surface area contributed by atoms with E-state index in [1.807, 2.05) is 6.20 Å². The highest BCUT2D eigenvalue weighted by molar-refractivity contribution is 9.10. The Morgan fingerprint density at radius 1 is 1.32 bits per heavy atom. The molecule has 1 N–H and O–H groups in total. The lowest BCUT2D eigenvalue weighted by atomic mass is 9.72. The van der Waals surface area contributed by atoms with Gasteiger partial charge in [0.2, 0.25) is 0 Å². The highest BCUT2D eigenvalue weighted by atomic mass is 79.9. The third-order valence-electron chi connectivity index (χ3n) is 4.60. The monoisotopic (exact) mass is 324 g/mol. The molecular formula is C16H25BrN2. The van der Waals surface area contributed by atoms with E-state index < -0.39 is 0 Å². The second kappa shape index (κ2) is 6.85. The molecule has 19 heavy (non-hydrogen) atoms. The van der Waals surface area contributed by atoms with Gasteiger partial charge < -0.3 is 5.32 Å². The van der Waals surface area contributed by atoms with Crippen LogP contribution < -0.4 is 5.32 Å². The Balaban J connectivity index is 2.13. The van der Waals surface area contributed by atoms with Crippen molar-refractivity contribution in [3.63, 3.8) is 0 Å². The molecule has 1 saturated carbocycles. The third-order valence-corrected chi connectivity index (χ3v) is 5.07. The molecule has 1 fully saturated rings. The Labute approximate surface area is 125 Å².